The summed E-state index contributed by atoms with van der Waals surface area (Å²) in [5.74, 6) is 1.93. The predicted molar refractivity (Wildman–Crippen MR) is 71.2 cm³/mol. The van der Waals surface area contributed by atoms with Crippen LogP contribution in [-0.4, -0.2) is 24.0 Å². The molecule has 2 rings (SSSR count). The van der Waals surface area contributed by atoms with Crippen LogP contribution in [-0.2, 0) is 4.74 Å². The van der Waals surface area contributed by atoms with E-state index in [1.807, 2.05) is 37.7 Å². The van der Waals surface area contributed by atoms with Gasteiger partial charge in [0, 0.05) is 17.9 Å². The van der Waals surface area contributed by atoms with Gasteiger partial charge >= 0.3 is 0 Å². The topological polar surface area (TPSA) is 48.4 Å². The Morgan fingerprint density at radius 2 is 2.24 bits per heavy atom. The molecular weight excluding hydrogens is 234 g/mol. The molecule has 2 N–H and O–H groups in total. The highest BCUT2D eigenvalue weighted by atomic mass is 32.2. The Morgan fingerprint density at radius 1 is 1.47 bits per heavy atom. The van der Waals surface area contributed by atoms with Crippen molar-refractivity contribution < 1.29 is 9.15 Å². The largest absolute Gasteiger partial charge is 0.465 e. The van der Waals surface area contributed by atoms with E-state index in [1.165, 1.54) is 0 Å². The van der Waals surface area contributed by atoms with Gasteiger partial charge in [0.2, 0.25) is 0 Å². The summed E-state index contributed by atoms with van der Waals surface area (Å²) in [4.78, 5) is 0. The van der Waals surface area contributed by atoms with E-state index in [9.17, 15) is 0 Å². The number of hydrogen-bond donors (Lipinski definition) is 1. The van der Waals surface area contributed by atoms with Crippen LogP contribution in [0.25, 0.3) is 0 Å². The number of hydrogen-bond acceptors (Lipinski definition) is 4. The van der Waals surface area contributed by atoms with E-state index in [0.29, 0.717) is 11.4 Å². The van der Waals surface area contributed by atoms with Crippen molar-refractivity contribution in [2.45, 2.75) is 49.8 Å². The number of nitrogens with two attached hydrogens (primary N) is 1. The molecule has 0 radical (unpaired) electrons. The Kier molecular flexibility index (Phi) is 4.17. The maximum absolute atomic E-state index is 6.08. The van der Waals surface area contributed by atoms with Gasteiger partial charge in [-0.05, 0) is 39.3 Å². The maximum Gasteiger partial charge on any atom is 0.118 e. The van der Waals surface area contributed by atoms with Gasteiger partial charge in [0.05, 0.1) is 11.4 Å². The molecule has 0 aliphatic carbocycles. The Balaban J connectivity index is 2.07. The monoisotopic (exact) mass is 255 g/mol. The highest BCUT2D eigenvalue weighted by Gasteiger charge is 2.31. The minimum atomic E-state index is 0.0818. The van der Waals surface area contributed by atoms with Crippen molar-refractivity contribution in [3.05, 3.63) is 23.7 Å². The van der Waals surface area contributed by atoms with Crippen LogP contribution in [0, 0.1) is 6.92 Å². The molecule has 17 heavy (non-hydrogen) atoms. The first-order chi connectivity index (χ1) is 8.08. The van der Waals surface area contributed by atoms with E-state index in [1.54, 1.807) is 0 Å². The lowest BCUT2D eigenvalue weighted by atomic mass is 10.2. The zero-order valence-corrected chi connectivity index (χ0v) is 11.5. The Morgan fingerprint density at radius 3 is 2.71 bits per heavy atom. The number of aryl methyl sites for hydroxylation is 1. The van der Waals surface area contributed by atoms with Crippen molar-refractivity contribution in [1.82, 2.24) is 0 Å². The van der Waals surface area contributed by atoms with E-state index in [4.69, 9.17) is 14.9 Å². The molecule has 1 saturated heterocycles. The predicted octanol–water partition coefficient (Wildman–Crippen LogP) is 2.89. The molecule has 0 aromatic carbocycles. The summed E-state index contributed by atoms with van der Waals surface area (Å²) in [5.41, 5.74) is 6.08. The second-order valence-electron chi connectivity index (χ2n) is 4.77. The number of furan rings is 1. The molecule has 4 unspecified atom stereocenters. The third kappa shape index (κ3) is 3.06. The average Bonchev–Trinajstić information content (AvgIpc) is 2.84. The van der Waals surface area contributed by atoms with Crippen LogP contribution in [0.5, 0.6) is 0 Å². The van der Waals surface area contributed by atoms with Gasteiger partial charge in [-0.3, -0.25) is 0 Å². The van der Waals surface area contributed by atoms with E-state index in [-0.39, 0.29) is 11.3 Å². The van der Waals surface area contributed by atoms with Crippen LogP contribution in [0.4, 0.5) is 0 Å². The van der Waals surface area contributed by atoms with Gasteiger partial charge in [-0.25, -0.2) is 0 Å². The highest BCUT2D eigenvalue weighted by molar-refractivity contribution is 8.00. The third-order valence-corrected chi connectivity index (χ3v) is 5.07. The van der Waals surface area contributed by atoms with Crippen LogP contribution in [0.15, 0.2) is 16.5 Å². The van der Waals surface area contributed by atoms with Gasteiger partial charge in [-0.15, -0.1) is 11.8 Å². The van der Waals surface area contributed by atoms with Crippen LogP contribution >= 0.6 is 11.8 Å². The summed E-state index contributed by atoms with van der Waals surface area (Å²) in [6.45, 7) is 7.00. The molecule has 3 nitrogen and oxygen atoms in total. The van der Waals surface area contributed by atoms with Crippen molar-refractivity contribution in [2.24, 2.45) is 5.73 Å². The van der Waals surface area contributed by atoms with Gasteiger partial charge in [-0.1, -0.05) is 0 Å². The quantitative estimate of drug-likeness (QED) is 0.898. The SMILES string of the molecule is Cc1ccc(C(SC2CCOC2C)C(C)N)o1. The van der Waals surface area contributed by atoms with Crippen LogP contribution in [0.2, 0.25) is 0 Å². The molecule has 1 fully saturated rings. The fourth-order valence-electron chi connectivity index (χ4n) is 2.14. The normalized spacial score (nSPS) is 28.2. The summed E-state index contributed by atoms with van der Waals surface area (Å²) in [7, 11) is 0. The van der Waals surface area contributed by atoms with Gasteiger partial charge in [-0.2, -0.15) is 0 Å². The average molecular weight is 255 g/mol. The van der Waals surface area contributed by atoms with Crippen molar-refractivity contribution >= 4 is 11.8 Å². The zero-order valence-electron chi connectivity index (χ0n) is 10.7. The molecule has 1 aliphatic rings. The lowest BCUT2D eigenvalue weighted by molar-refractivity contribution is 0.127. The number of rotatable bonds is 4. The summed E-state index contributed by atoms with van der Waals surface area (Å²) in [6, 6.07) is 4.12. The molecule has 1 aliphatic heterocycles. The third-order valence-electron chi connectivity index (χ3n) is 3.15. The van der Waals surface area contributed by atoms with Crippen LogP contribution in [0.1, 0.15) is 37.0 Å². The molecule has 0 saturated carbocycles. The first-order valence-corrected chi connectivity index (χ1v) is 7.11. The summed E-state index contributed by atoms with van der Waals surface area (Å²) < 4.78 is 11.3. The molecule has 2 heterocycles. The first kappa shape index (κ1) is 13.0. The highest BCUT2D eigenvalue weighted by Crippen LogP contribution is 2.40. The molecule has 0 bridgehead atoms. The fraction of sp³-hybridized carbons (Fsp3) is 0.692. The van der Waals surface area contributed by atoms with Crippen LogP contribution in [0.3, 0.4) is 0 Å². The van der Waals surface area contributed by atoms with Crippen LogP contribution < -0.4 is 5.73 Å². The van der Waals surface area contributed by atoms with Gasteiger partial charge in [0.25, 0.3) is 0 Å². The van der Waals surface area contributed by atoms with Gasteiger partial charge in [0.1, 0.15) is 11.5 Å². The van der Waals surface area contributed by atoms with Gasteiger partial charge < -0.3 is 14.9 Å². The van der Waals surface area contributed by atoms with E-state index in [0.717, 1.165) is 24.5 Å². The number of ether oxygens (including phenoxy) is 1. The van der Waals surface area contributed by atoms with E-state index >= 15 is 0 Å². The smallest absolute Gasteiger partial charge is 0.118 e. The van der Waals surface area contributed by atoms with Crippen molar-refractivity contribution in [2.75, 3.05) is 6.61 Å². The fourth-order valence-corrected chi connectivity index (χ4v) is 3.55. The molecular formula is C13H21NO2S. The van der Waals surface area contributed by atoms with Gasteiger partial charge in [0.15, 0.2) is 0 Å². The standard InChI is InChI=1S/C13H21NO2S/c1-8-4-5-11(16-8)13(9(2)14)17-12-6-7-15-10(12)3/h4-5,9-10,12-13H,6-7,14H2,1-3H3. The Labute approximate surface area is 107 Å². The van der Waals surface area contributed by atoms with Crippen molar-refractivity contribution in [3.63, 3.8) is 0 Å². The molecule has 0 amide bonds. The molecule has 1 aromatic heterocycles. The first-order valence-electron chi connectivity index (χ1n) is 6.17. The number of thioether (sulfide) groups is 1. The summed E-state index contributed by atoms with van der Waals surface area (Å²) in [6.07, 6.45) is 1.42. The minimum absolute atomic E-state index is 0.0818. The second-order valence-corrected chi connectivity index (χ2v) is 6.15. The summed E-state index contributed by atoms with van der Waals surface area (Å²) in [5, 5.41) is 0.745. The van der Waals surface area contributed by atoms with E-state index in [2.05, 4.69) is 6.92 Å². The Bertz CT molecular complexity index is 364. The maximum atomic E-state index is 6.08. The molecule has 96 valence electrons. The Hall–Kier alpha value is -0.450. The lowest BCUT2D eigenvalue weighted by Crippen LogP contribution is -2.26. The second kappa shape index (κ2) is 5.46. The lowest BCUT2D eigenvalue weighted by Gasteiger charge is -2.23. The minimum Gasteiger partial charge on any atom is -0.465 e. The molecule has 1 aromatic rings. The summed E-state index contributed by atoms with van der Waals surface area (Å²) >= 11 is 1.89. The molecule has 0 spiro atoms. The van der Waals surface area contributed by atoms with Crippen molar-refractivity contribution in [1.29, 1.82) is 0 Å². The van der Waals surface area contributed by atoms with Crippen molar-refractivity contribution in [3.8, 4) is 0 Å². The molecule has 4 heteroatoms. The van der Waals surface area contributed by atoms with E-state index < -0.39 is 0 Å². The molecule has 4 atom stereocenters. The zero-order chi connectivity index (χ0) is 12.4.